The number of halogens is 1. The molecule has 3 nitrogen and oxygen atoms in total. The Labute approximate surface area is 91.3 Å². The first kappa shape index (κ1) is 11.5. The molecule has 0 saturated carbocycles. The van der Waals surface area contributed by atoms with E-state index in [2.05, 4.69) is 5.32 Å². The summed E-state index contributed by atoms with van der Waals surface area (Å²) >= 11 is 1.38. The Kier molecular flexibility index (Phi) is 4.13. The summed E-state index contributed by atoms with van der Waals surface area (Å²) in [5, 5.41) is 11.3. The Balaban J connectivity index is 2.86. The standard InChI is InChI=1S/C10H9FN2OS/c1-15-6-10(14)13-9-3-2-8(11)4-7(9)5-12/h2-4H,6H2,1H3,(H,13,14). The number of thioether (sulfide) groups is 1. The number of benzene rings is 1. The lowest BCUT2D eigenvalue weighted by Crippen LogP contribution is -2.14. The Morgan fingerprint density at radius 3 is 3.00 bits per heavy atom. The molecule has 1 N–H and O–H groups in total. The fourth-order valence-electron chi connectivity index (χ4n) is 1.04. The maximum Gasteiger partial charge on any atom is 0.234 e. The lowest BCUT2D eigenvalue weighted by molar-refractivity contribution is -0.113. The van der Waals surface area contributed by atoms with E-state index in [0.717, 1.165) is 6.07 Å². The molecule has 1 amide bonds. The van der Waals surface area contributed by atoms with Gasteiger partial charge in [0.2, 0.25) is 5.91 Å². The van der Waals surface area contributed by atoms with Gasteiger partial charge in [0.15, 0.2) is 0 Å². The van der Waals surface area contributed by atoms with E-state index in [1.165, 1.54) is 23.9 Å². The van der Waals surface area contributed by atoms with Gasteiger partial charge in [-0.25, -0.2) is 4.39 Å². The van der Waals surface area contributed by atoms with E-state index in [4.69, 9.17) is 5.26 Å². The predicted octanol–water partition coefficient (Wildman–Crippen LogP) is 2.00. The summed E-state index contributed by atoms with van der Waals surface area (Å²) < 4.78 is 12.8. The van der Waals surface area contributed by atoms with Crippen molar-refractivity contribution >= 4 is 23.4 Å². The first-order valence-corrected chi connectivity index (χ1v) is 5.55. The van der Waals surface area contributed by atoms with Crippen molar-refractivity contribution < 1.29 is 9.18 Å². The van der Waals surface area contributed by atoms with Crippen LogP contribution in [0.1, 0.15) is 5.56 Å². The van der Waals surface area contributed by atoms with Gasteiger partial charge in [-0.2, -0.15) is 17.0 Å². The molecule has 0 bridgehead atoms. The lowest BCUT2D eigenvalue weighted by atomic mass is 10.2. The maximum atomic E-state index is 12.8. The van der Waals surface area contributed by atoms with E-state index >= 15 is 0 Å². The average molecular weight is 224 g/mol. The molecule has 0 aliphatic heterocycles. The molecule has 5 heteroatoms. The molecule has 0 fully saturated rings. The number of carbonyl (C=O) groups excluding carboxylic acids is 1. The van der Waals surface area contributed by atoms with Crippen molar-refractivity contribution in [3.05, 3.63) is 29.6 Å². The minimum Gasteiger partial charge on any atom is -0.324 e. The number of rotatable bonds is 3. The summed E-state index contributed by atoms with van der Waals surface area (Å²) in [5.41, 5.74) is 0.474. The zero-order valence-electron chi connectivity index (χ0n) is 8.08. The number of carbonyl (C=O) groups is 1. The molecule has 0 aliphatic rings. The third kappa shape index (κ3) is 3.26. The molecule has 1 aromatic rings. The number of nitrogens with one attached hydrogen (secondary N) is 1. The maximum absolute atomic E-state index is 12.8. The number of nitriles is 1. The van der Waals surface area contributed by atoms with E-state index < -0.39 is 5.82 Å². The zero-order chi connectivity index (χ0) is 11.3. The van der Waals surface area contributed by atoms with Crippen LogP contribution in [0.15, 0.2) is 18.2 Å². The second-order valence-electron chi connectivity index (χ2n) is 2.78. The summed E-state index contributed by atoms with van der Waals surface area (Å²) in [7, 11) is 0. The summed E-state index contributed by atoms with van der Waals surface area (Å²) in [4.78, 5) is 11.2. The van der Waals surface area contributed by atoms with Crippen LogP contribution < -0.4 is 5.32 Å². The monoisotopic (exact) mass is 224 g/mol. The van der Waals surface area contributed by atoms with Gasteiger partial charge in [0.25, 0.3) is 0 Å². The molecule has 0 saturated heterocycles. The topological polar surface area (TPSA) is 52.9 Å². The van der Waals surface area contributed by atoms with Crippen LogP contribution in [0.4, 0.5) is 10.1 Å². The molecular formula is C10H9FN2OS. The minimum atomic E-state index is -0.491. The highest BCUT2D eigenvalue weighted by Gasteiger charge is 2.06. The summed E-state index contributed by atoms with van der Waals surface area (Å²) in [6.45, 7) is 0. The van der Waals surface area contributed by atoms with Gasteiger partial charge in [0, 0.05) is 0 Å². The molecule has 0 spiro atoms. The smallest absolute Gasteiger partial charge is 0.234 e. The molecular weight excluding hydrogens is 215 g/mol. The first-order chi connectivity index (χ1) is 7.17. The van der Waals surface area contributed by atoms with Crippen molar-refractivity contribution in [2.45, 2.75) is 0 Å². The van der Waals surface area contributed by atoms with Crippen molar-refractivity contribution in [2.24, 2.45) is 0 Å². The molecule has 0 atom stereocenters. The van der Waals surface area contributed by atoms with Gasteiger partial charge in [0.05, 0.1) is 17.0 Å². The Morgan fingerprint density at radius 2 is 2.40 bits per heavy atom. The van der Waals surface area contributed by atoms with Gasteiger partial charge < -0.3 is 5.32 Å². The van der Waals surface area contributed by atoms with Gasteiger partial charge >= 0.3 is 0 Å². The van der Waals surface area contributed by atoms with Crippen LogP contribution in [0.5, 0.6) is 0 Å². The second-order valence-corrected chi connectivity index (χ2v) is 3.65. The first-order valence-electron chi connectivity index (χ1n) is 4.16. The van der Waals surface area contributed by atoms with Crippen LogP contribution in [0, 0.1) is 17.1 Å². The lowest BCUT2D eigenvalue weighted by Gasteiger charge is -2.05. The van der Waals surface area contributed by atoms with Crippen molar-refractivity contribution in [1.29, 1.82) is 5.26 Å². The van der Waals surface area contributed by atoms with Crippen LogP contribution in [0.25, 0.3) is 0 Å². The van der Waals surface area contributed by atoms with E-state index in [-0.39, 0.29) is 11.5 Å². The number of hydrogen-bond donors (Lipinski definition) is 1. The number of anilines is 1. The van der Waals surface area contributed by atoms with Gasteiger partial charge in [-0.15, -0.1) is 0 Å². The van der Waals surface area contributed by atoms with Crippen LogP contribution >= 0.6 is 11.8 Å². The fraction of sp³-hybridized carbons (Fsp3) is 0.200. The minimum absolute atomic E-state index is 0.129. The van der Waals surface area contributed by atoms with E-state index in [9.17, 15) is 9.18 Å². The van der Waals surface area contributed by atoms with Crippen molar-refractivity contribution in [3.63, 3.8) is 0 Å². The highest BCUT2D eigenvalue weighted by molar-refractivity contribution is 7.99. The van der Waals surface area contributed by atoms with Crippen molar-refractivity contribution in [3.8, 4) is 6.07 Å². The predicted molar refractivity (Wildman–Crippen MR) is 58.1 cm³/mol. The Bertz CT molecular complexity index is 414. The van der Waals surface area contributed by atoms with E-state index in [1.54, 1.807) is 6.26 Å². The van der Waals surface area contributed by atoms with Gasteiger partial charge in [-0.1, -0.05) is 0 Å². The molecule has 1 aromatic carbocycles. The summed E-state index contributed by atoms with van der Waals surface area (Å²) in [5.74, 6) is -0.387. The SMILES string of the molecule is CSCC(=O)Nc1ccc(F)cc1C#N. The third-order valence-corrected chi connectivity index (χ3v) is 2.20. The second kappa shape index (κ2) is 5.37. The molecule has 0 heterocycles. The molecule has 0 aliphatic carbocycles. The largest absolute Gasteiger partial charge is 0.324 e. The number of amides is 1. The Hall–Kier alpha value is -1.54. The molecule has 0 unspecified atom stereocenters. The average Bonchev–Trinajstić information content (AvgIpc) is 2.21. The summed E-state index contributed by atoms with van der Waals surface area (Å²) in [6, 6.07) is 5.50. The highest BCUT2D eigenvalue weighted by atomic mass is 32.2. The van der Waals surface area contributed by atoms with Crippen LogP contribution in [-0.4, -0.2) is 17.9 Å². The molecule has 0 radical (unpaired) electrons. The molecule has 78 valence electrons. The van der Waals surface area contributed by atoms with Gasteiger partial charge in [0.1, 0.15) is 11.9 Å². The highest BCUT2D eigenvalue weighted by Crippen LogP contribution is 2.16. The zero-order valence-corrected chi connectivity index (χ0v) is 8.90. The van der Waals surface area contributed by atoms with Gasteiger partial charge in [-0.3, -0.25) is 4.79 Å². The fourth-order valence-corrected chi connectivity index (χ4v) is 1.37. The Morgan fingerprint density at radius 1 is 1.67 bits per heavy atom. The van der Waals surface area contributed by atoms with Crippen molar-refractivity contribution in [1.82, 2.24) is 0 Å². The van der Waals surface area contributed by atoms with Crippen LogP contribution in [0.3, 0.4) is 0 Å². The molecule has 15 heavy (non-hydrogen) atoms. The normalized spacial score (nSPS) is 9.40. The quantitative estimate of drug-likeness (QED) is 0.854. The van der Waals surface area contributed by atoms with Gasteiger partial charge in [-0.05, 0) is 24.5 Å². The molecule has 1 rings (SSSR count). The summed E-state index contributed by atoms with van der Waals surface area (Å²) in [6.07, 6.45) is 1.80. The third-order valence-electron chi connectivity index (χ3n) is 1.65. The van der Waals surface area contributed by atoms with Crippen molar-refractivity contribution in [2.75, 3.05) is 17.3 Å². The molecule has 0 aromatic heterocycles. The number of nitrogens with zero attached hydrogens (tertiary/aromatic N) is 1. The van der Waals surface area contributed by atoms with Crippen LogP contribution in [-0.2, 0) is 4.79 Å². The van der Waals surface area contributed by atoms with Crippen LogP contribution in [0.2, 0.25) is 0 Å². The van der Waals surface area contributed by atoms with E-state index in [1.807, 2.05) is 6.07 Å². The van der Waals surface area contributed by atoms with E-state index in [0.29, 0.717) is 11.4 Å². The number of hydrogen-bond acceptors (Lipinski definition) is 3.